The summed E-state index contributed by atoms with van der Waals surface area (Å²) in [4.78, 5) is 0. The Hall–Kier alpha value is -0.350. The Bertz CT molecular complexity index is 328. The maximum atomic E-state index is 4.46. The largest absolute Gasteiger partial charge is 0.312 e. The summed E-state index contributed by atoms with van der Waals surface area (Å²) in [6.45, 7) is 6.12. The lowest BCUT2D eigenvalue weighted by atomic mass is 10.4. The topological polar surface area (TPSA) is 29.9 Å². The molecule has 1 N–H and O–H groups in total. The number of hydrogen-bond acceptors (Lipinski definition) is 2. The van der Waals surface area contributed by atoms with E-state index >= 15 is 0 Å². The monoisotopic (exact) mass is 257 g/mol. The van der Waals surface area contributed by atoms with Gasteiger partial charge in [-0.2, -0.15) is 5.10 Å². The van der Waals surface area contributed by atoms with Gasteiger partial charge in [-0.05, 0) is 42.6 Å². The van der Waals surface area contributed by atoms with Gasteiger partial charge in [0.15, 0.2) is 0 Å². The summed E-state index contributed by atoms with van der Waals surface area (Å²) in [5.41, 5.74) is 2.30. The van der Waals surface area contributed by atoms with E-state index < -0.39 is 0 Å². The molecule has 0 saturated heterocycles. The van der Waals surface area contributed by atoms with E-state index in [-0.39, 0.29) is 0 Å². The van der Waals surface area contributed by atoms with Gasteiger partial charge in [0.2, 0.25) is 0 Å². The van der Waals surface area contributed by atoms with Crippen molar-refractivity contribution in [2.45, 2.75) is 39.3 Å². The Morgan fingerprint density at radius 3 is 2.71 bits per heavy atom. The van der Waals surface area contributed by atoms with E-state index in [1.54, 1.807) is 0 Å². The Morgan fingerprint density at radius 1 is 1.50 bits per heavy atom. The number of aromatic nitrogens is 2. The first kappa shape index (κ1) is 10.2. The predicted molar refractivity (Wildman–Crippen MR) is 60.4 cm³/mol. The molecule has 0 aliphatic heterocycles. The molecule has 1 heterocycles. The second kappa shape index (κ2) is 4.03. The van der Waals surface area contributed by atoms with Gasteiger partial charge in [0.1, 0.15) is 0 Å². The third kappa shape index (κ3) is 2.17. The van der Waals surface area contributed by atoms with Crippen molar-refractivity contribution in [1.29, 1.82) is 0 Å². The number of rotatable bonds is 4. The number of halogens is 1. The molecule has 14 heavy (non-hydrogen) atoms. The van der Waals surface area contributed by atoms with Crippen molar-refractivity contribution < 1.29 is 0 Å². The highest BCUT2D eigenvalue weighted by Gasteiger charge is 2.19. The van der Waals surface area contributed by atoms with E-state index in [1.165, 1.54) is 18.5 Å². The fourth-order valence-electron chi connectivity index (χ4n) is 1.55. The van der Waals surface area contributed by atoms with Gasteiger partial charge >= 0.3 is 0 Å². The number of nitrogens with zero attached hydrogens (tertiary/aromatic N) is 2. The summed E-state index contributed by atoms with van der Waals surface area (Å²) in [6.07, 6.45) is 2.70. The Morgan fingerprint density at radius 2 is 2.21 bits per heavy atom. The maximum Gasteiger partial charge on any atom is 0.0738 e. The van der Waals surface area contributed by atoms with E-state index in [9.17, 15) is 0 Å². The van der Waals surface area contributed by atoms with Crippen molar-refractivity contribution >= 4 is 15.9 Å². The molecule has 0 radical (unpaired) electrons. The van der Waals surface area contributed by atoms with Gasteiger partial charge < -0.3 is 5.32 Å². The molecule has 1 saturated carbocycles. The van der Waals surface area contributed by atoms with Crippen LogP contribution in [0.2, 0.25) is 0 Å². The minimum absolute atomic E-state index is 0.787. The van der Waals surface area contributed by atoms with Gasteiger partial charge in [-0.1, -0.05) is 0 Å². The standard InChI is InChI=1S/C10H16BrN3/c1-7-10(11)8(2)14(13-7)6-5-12-9-3-4-9/h9,12H,3-6H2,1-2H3. The van der Waals surface area contributed by atoms with E-state index in [0.717, 1.165) is 29.3 Å². The predicted octanol–water partition coefficient (Wildman–Crippen LogP) is 2.01. The normalized spacial score (nSPS) is 16.2. The Labute approximate surface area is 93.0 Å². The second-order valence-electron chi connectivity index (χ2n) is 3.94. The smallest absolute Gasteiger partial charge is 0.0738 e. The molecule has 0 bridgehead atoms. The lowest BCUT2D eigenvalue weighted by Gasteiger charge is -2.05. The van der Waals surface area contributed by atoms with E-state index in [2.05, 4.69) is 38.0 Å². The highest BCUT2D eigenvalue weighted by Crippen LogP contribution is 2.20. The van der Waals surface area contributed by atoms with Crippen LogP contribution in [-0.2, 0) is 6.54 Å². The molecule has 1 aliphatic carbocycles. The van der Waals surface area contributed by atoms with E-state index in [1.807, 2.05) is 6.92 Å². The summed E-state index contributed by atoms with van der Waals surface area (Å²) in [5.74, 6) is 0. The summed E-state index contributed by atoms with van der Waals surface area (Å²) >= 11 is 3.53. The lowest BCUT2D eigenvalue weighted by Crippen LogP contribution is -2.22. The van der Waals surface area contributed by atoms with Crippen LogP contribution in [-0.4, -0.2) is 22.4 Å². The maximum absolute atomic E-state index is 4.46. The zero-order valence-electron chi connectivity index (χ0n) is 8.68. The van der Waals surface area contributed by atoms with Crippen LogP contribution in [0, 0.1) is 13.8 Å². The lowest BCUT2D eigenvalue weighted by molar-refractivity contribution is 0.541. The van der Waals surface area contributed by atoms with Gasteiger partial charge in [-0.25, -0.2) is 0 Å². The molecule has 1 aromatic heterocycles. The highest BCUT2D eigenvalue weighted by atomic mass is 79.9. The van der Waals surface area contributed by atoms with Crippen molar-refractivity contribution in [2.24, 2.45) is 0 Å². The Balaban J connectivity index is 1.90. The molecule has 0 amide bonds. The van der Waals surface area contributed by atoms with Gasteiger partial charge in [-0.3, -0.25) is 4.68 Å². The molecule has 0 aromatic carbocycles. The average Bonchev–Trinajstić information content (AvgIpc) is 2.93. The van der Waals surface area contributed by atoms with Crippen LogP contribution in [0.15, 0.2) is 4.47 Å². The van der Waals surface area contributed by atoms with Crippen LogP contribution in [0.25, 0.3) is 0 Å². The molecule has 1 aromatic rings. The number of hydrogen-bond donors (Lipinski definition) is 1. The summed E-state index contributed by atoms with van der Waals surface area (Å²) < 4.78 is 3.21. The molecule has 1 aliphatic rings. The molecule has 2 rings (SSSR count). The molecule has 4 heteroatoms. The van der Waals surface area contributed by atoms with Crippen molar-refractivity contribution in [3.05, 3.63) is 15.9 Å². The zero-order chi connectivity index (χ0) is 10.1. The first-order valence-electron chi connectivity index (χ1n) is 5.11. The SMILES string of the molecule is Cc1nn(CCNC2CC2)c(C)c1Br. The molecule has 0 unspecified atom stereocenters. The van der Waals surface area contributed by atoms with Crippen LogP contribution >= 0.6 is 15.9 Å². The average molecular weight is 258 g/mol. The fourth-order valence-corrected chi connectivity index (χ4v) is 1.84. The molecule has 1 fully saturated rings. The van der Waals surface area contributed by atoms with Crippen LogP contribution < -0.4 is 5.32 Å². The number of nitrogens with one attached hydrogen (secondary N) is 1. The minimum Gasteiger partial charge on any atom is -0.312 e. The van der Waals surface area contributed by atoms with Crippen molar-refractivity contribution in [2.75, 3.05) is 6.54 Å². The van der Waals surface area contributed by atoms with Crippen LogP contribution in [0.4, 0.5) is 0 Å². The summed E-state index contributed by atoms with van der Waals surface area (Å²) in [5, 5.41) is 7.94. The van der Waals surface area contributed by atoms with E-state index in [0.29, 0.717) is 0 Å². The third-order valence-electron chi connectivity index (χ3n) is 2.63. The minimum atomic E-state index is 0.787. The van der Waals surface area contributed by atoms with Crippen molar-refractivity contribution in [1.82, 2.24) is 15.1 Å². The summed E-state index contributed by atoms with van der Waals surface area (Å²) in [6, 6.07) is 0.787. The molecular weight excluding hydrogens is 242 g/mol. The second-order valence-corrected chi connectivity index (χ2v) is 4.73. The van der Waals surface area contributed by atoms with Crippen molar-refractivity contribution in [3.8, 4) is 0 Å². The first-order chi connectivity index (χ1) is 6.68. The van der Waals surface area contributed by atoms with Crippen LogP contribution in [0.5, 0.6) is 0 Å². The fraction of sp³-hybridized carbons (Fsp3) is 0.700. The van der Waals surface area contributed by atoms with Gasteiger partial charge in [0.25, 0.3) is 0 Å². The Kier molecular flexibility index (Phi) is 2.93. The molecule has 78 valence electrons. The first-order valence-corrected chi connectivity index (χ1v) is 5.90. The number of aryl methyl sites for hydroxylation is 1. The van der Waals surface area contributed by atoms with Crippen molar-refractivity contribution in [3.63, 3.8) is 0 Å². The van der Waals surface area contributed by atoms with Gasteiger partial charge in [-0.15, -0.1) is 0 Å². The van der Waals surface area contributed by atoms with E-state index in [4.69, 9.17) is 0 Å². The van der Waals surface area contributed by atoms with Crippen LogP contribution in [0.1, 0.15) is 24.2 Å². The molecule has 0 atom stereocenters. The third-order valence-corrected chi connectivity index (χ3v) is 3.77. The quantitative estimate of drug-likeness (QED) is 0.895. The molecular formula is C10H16BrN3. The molecule has 3 nitrogen and oxygen atoms in total. The van der Waals surface area contributed by atoms with Crippen LogP contribution in [0.3, 0.4) is 0 Å². The van der Waals surface area contributed by atoms with Gasteiger partial charge in [0, 0.05) is 18.3 Å². The molecule has 0 spiro atoms. The highest BCUT2D eigenvalue weighted by molar-refractivity contribution is 9.10. The summed E-state index contributed by atoms with van der Waals surface area (Å²) in [7, 11) is 0. The zero-order valence-corrected chi connectivity index (χ0v) is 10.3. The van der Waals surface area contributed by atoms with Gasteiger partial charge in [0.05, 0.1) is 16.7 Å².